The van der Waals surface area contributed by atoms with E-state index in [9.17, 15) is 4.79 Å². The van der Waals surface area contributed by atoms with Crippen molar-refractivity contribution in [2.75, 3.05) is 26.7 Å². The van der Waals surface area contributed by atoms with Crippen LogP contribution < -0.4 is 11.4 Å². The van der Waals surface area contributed by atoms with E-state index in [0.29, 0.717) is 18.9 Å². The molecule has 0 aliphatic carbocycles. The number of nitrogens with one attached hydrogen (secondary N) is 1. The fourth-order valence-corrected chi connectivity index (χ4v) is 1.97. The Hall–Kier alpha value is -0.690. The molecule has 6 nitrogen and oxygen atoms in total. The van der Waals surface area contributed by atoms with Gasteiger partial charge in [0.05, 0.1) is 12.5 Å². The second-order valence-corrected chi connectivity index (χ2v) is 4.18. The second-order valence-electron chi connectivity index (χ2n) is 4.18. The average Bonchev–Trinajstić information content (AvgIpc) is 2.28. The molecule has 1 aliphatic heterocycles. The van der Waals surface area contributed by atoms with Crippen LogP contribution in [0.4, 0.5) is 0 Å². The molecule has 3 N–H and O–H groups in total. The van der Waals surface area contributed by atoms with Crippen LogP contribution in [0, 0.1) is 5.92 Å². The van der Waals surface area contributed by atoms with E-state index >= 15 is 0 Å². The Bertz CT molecular complexity index is 225. The number of ether oxygens (including phenoxy) is 1. The van der Waals surface area contributed by atoms with Gasteiger partial charge in [-0.3, -0.25) is 4.79 Å². The number of hydrogen-bond donors (Lipinski definition) is 2. The molecule has 2 atom stereocenters. The van der Waals surface area contributed by atoms with Gasteiger partial charge >= 0.3 is 5.97 Å². The molecule has 0 aromatic carbocycles. The lowest BCUT2D eigenvalue weighted by molar-refractivity contribution is -0.151. The first-order chi connectivity index (χ1) is 7.67. The Balaban J connectivity index is 2.25. The lowest BCUT2D eigenvalue weighted by atomic mass is 9.96. The van der Waals surface area contributed by atoms with Gasteiger partial charge in [0.25, 0.3) is 0 Å². The molecule has 16 heavy (non-hydrogen) atoms. The van der Waals surface area contributed by atoms with Crippen LogP contribution in [0.3, 0.4) is 0 Å². The van der Waals surface area contributed by atoms with Crippen LogP contribution >= 0.6 is 0 Å². The van der Waals surface area contributed by atoms with Gasteiger partial charge in [-0.2, -0.15) is 0 Å². The summed E-state index contributed by atoms with van der Waals surface area (Å²) in [4.78, 5) is 17.7. The zero-order valence-corrected chi connectivity index (χ0v) is 9.94. The van der Waals surface area contributed by atoms with Gasteiger partial charge in [-0.25, -0.2) is 5.84 Å². The number of nitrogens with two attached hydrogens (primary N) is 1. The SMILES string of the molecule is COC1CN(CCC(=O)ONN)CCC1C. The molecule has 0 spiro atoms. The molecule has 1 saturated heterocycles. The van der Waals surface area contributed by atoms with Gasteiger partial charge in [0, 0.05) is 20.2 Å². The zero-order chi connectivity index (χ0) is 12.0. The highest BCUT2D eigenvalue weighted by Gasteiger charge is 2.25. The molecule has 0 aromatic rings. The van der Waals surface area contributed by atoms with Crippen LogP contribution in [0.5, 0.6) is 0 Å². The summed E-state index contributed by atoms with van der Waals surface area (Å²) in [6.45, 7) is 4.76. The monoisotopic (exact) mass is 231 g/mol. The molecule has 0 bridgehead atoms. The number of methoxy groups -OCH3 is 1. The van der Waals surface area contributed by atoms with E-state index in [4.69, 9.17) is 10.6 Å². The summed E-state index contributed by atoms with van der Waals surface area (Å²) in [6, 6.07) is 0. The van der Waals surface area contributed by atoms with E-state index in [1.807, 2.05) is 5.59 Å². The van der Waals surface area contributed by atoms with Crippen LogP contribution in [0.2, 0.25) is 0 Å². The van der Waals surface area contributed by atoms with Crippen LogP contribution in [0.15, 0.2) is 0 Å². The topological polar surface area (TPSA) is 76.8 Å². The minimum absolute atomic E-state index is 0.261. The molecule has 0 radical (unpaired) electrons. The summed E-state index contributed by atoms with van der Waals surface area (Å²) in [7, 11) is 1.73. The average molecular weight is 231 g/mol. The van der Waals surface area contributed by atoms with E-state index < -0.39 is 0 Å². The number of likely N-dealkylation sites (tertiary alicyclic amines) is 1. The Morgan fingerprint density at radius 1 is 1.62 bits per heavy atom. The van der Waals surface area contributed by atoms with E-state index in [1.165, 1.54) is 0 Å². The quantitative estimate of drug-likeness (QED) is 0.498. The predicted octanol–water partition coefficient (Wildman–Crippen LogP) is -0.345. The van der Waals surface area contributed by atoms with Crippen LogP contribution in [-0.4, -0.2) is 43.7 Å². The molecule has 1 aliphatic rings. The van der Waals surface area contributed by atoms with Crippen molar-refractivity contribution in [1.82, 2.24) is 10.5 Å². The maximum Gasteiger partial charge on any atom is 0.327 e. The minimum atomic E-state index is -0.338. The molecular formula is C10H21N3O3. The molecule has 0 amide bonds. The van der Waals surface area contributed by atoms with Crippen molar-refractivity contribution in [3.05, 3.63) is 0 Å². The summed E-state index contributed by atoms with van der Waals surface area (Å²) in [5.74, 6) is 5.12. The first kappa shape index (κ1) is 13.4. The van der Waals surface area contributed by atoms with Crippen LogP contribution in [-0.2, 0) is 14.4 Å². The summed E-state index contributed by atoms with van der Waals surface area (Å²) in [5.41, 5.74) is 1.89. The number of hydrazine groups is 1. The van der Waals surface area contributed by atoms with Gasteiger partial charge in [0.2, 0.25) is 0 Å². The normalized spacial score (nSPS) is 26.7. The number of carbonyl (C=O) groups excluding carboxylic acids is 1. The summed E-state index contributed by atoms with van der Waals surface area (Å²) in [5, 5.41) is 0. The van der Waals surface area contributed by atoms with E-state index in [-0.39, 0.29) is 12.1 Å². The fourth-order valence-electron chi connectivity index (χ4n) is 1.97. The summed E-state index contributed by atoms with van der Waals surface area (Å²) in [6.07, 6.45) is 1.70. The van der Waals surface area contributed by atoms with E-state index in [1.54, 1.807) is 7.11 Å². The maximum atomic E-state index is 11.1. The van der Waals surface area contributed by atoms with Gasteiger partial charge < -0.3 is 14.5 Å². The van der Waals surface area contributed by atoms with Crippen molar-refractivity contribution in [3.63, 3.8) is 0 Å². The number of piperidine rings is 1. The molecular weight excluding hydrogens is 210 g/mol. The third-order valence-electron chi connectivity index (χ3n) is 3.08. The summed E-state index contributed by atoms with van der Waals surface area (Å²) < 4.78 is 5.40. The smallest absolute Gasteiger partial charge is 0.327 e. The Kier molecular flexibility index (Phi) is 5.68. The molecule has 2 unspecified atom stereocenters. The highest BCUT2D eigenvalue weighted by atomic mass is 16.7. The third kappa shape index (κ3) is 4.05. The number of hydrogen-bond acceptors (Lipinski definition) is 6. The summed E-state index contributed by atoms with van der Waals surface area (Å²) >= 11 is 0. The van der Waals surface area contributed by atoms with Crippen molar-refractivity contribution in [3.8, 4) is 0 Å². The molecule has 1 rings (SSSR count). The van der Waals surface area contributed by atoms with Crippen LogP contribution in [0.1, 0.15) is 19.8 Å². The lowest BCUT2D eigenvalue weighted by Gasteiger charge is -2.35. The standard InChI is InChI=1S/C10H21N3O3/c1-8-3-5-13(7-9(8)15-2)6-4-10(14)16-12-11/h8-9,12H,3-7,11H2,1-2H3. The highest BCUT2D eigenvalue weighted by Crippen LogP contribution is 2.19. The van der Waals surface area contributed by atoms with Crippen LogP contribution in [0.25, 0.3) is 0 Å². The van der Waals surface area contributed by atoms with Crippen molar-refractivity contribution in [1.29, 1.82) is 0 Å². The van der Waals surface area contributed by atoms with Crippen molar-refractivity contribution in [2.24, 2.45) is 11.8 Å². The van der Waals surface area contributed by atoms with Gasteiger partial charge in [-0.1, -0.05) is 12.5 Å². The minimum Gasteiger partial charge on any atom is -0.380 e. The fraction of sp³-hybridized carbons (Fsp3) is 0.900. The number of rotatable bonds is 5. The number of nitrogens with zero attached hydrogens (tertiary/aromatic N) is 1. The molecule has 6 heteroatoms. The predicted molar refractivity (Wildman–Crippen MR) is 59.1 cm³/mol. The molecule has 0 saturated carbocycles. The van der Waals surface area contributed by atoms with Gasteiger partial charge in [-0.15, -0.1) is 0 Å². The third-order valence-corrected chi connectivity index (χ3v) is 3.08. The van der Waals surface area contributed by atoms with E-state index in [2.05, 4.69) is 16.7 Å². The van der Waals surface area contributed by atoms with Crippen molar-refractivity contribution in [2.45, 2.75) is 25.9 Å². The molecule has 0 aromatic heterocycles. The lowest BCUT2D eigenvalue weighted by Crippen LogP contribution is -2.44. The first-order valence-electron chi connectivity index (χ1n) is 5.57. The van der Waals surface area contributed by atoms with Gasteiger partial charge in [0.15, 0.2) is 0 Å². The molecule has 1 fully saturated rings. The molecule has 1 heterocycles. The maximum absolute atomic E-state index is 11.1. The first-order valence-corrected chi connectivity index (χ1v) is 5.57. The Labute approximate surface area is 96.0 Å². The van der Waals surface area contributed by atoms with Crippen molar-refractivity contribution < 1.29 is 14.4 Å². The Morgan fingerprint density at radius 2 is 2.38 bits per heavy atom. The number of carbonyl (C=O) groups is 1. The zero-order valence-electron chi connectivity index (χ0n) is 9.94. The molecule has 94 valence electrons. The second kappa shape index (κ2) is 6.80. The Morgan fingerprint density at radius 3 is 3.00 bits per heavy atom. The van der Waals surface area contributed by atoms with Gasteiger partial charge in [-0.05, 0) is 18.9 Å². The van der Waals surface area contributed by atoms with E-state index in [0.717, 1.165) is 19.5 Å². The largest absolute Gasteiger partial charge is 0.380 e. The van der Waals surface area contributed by atoms with Crippen molar-refractivity contribution >= 4 is 5.97 Å². The van der Waals surface area contributed by atoms with Gasteiger partial charge in [0.1, 0.15) is 0 Å². The highest BCUT2D eigenvalue weighted by molar-refractivity contribution is 5.69.